The van der Waals surface area contributed by atoms with Gasteiger partial charge in [-0.15, -0.1) is 0 Å². The Hall–Kier alpha value is -2.11. The number of rotatable bonds is 3. The van der Waals surface area contributed by atoms with Crippen molar-refractivity contribution in [3.05, 3.63) is 29.6 Å². The lowest BCUT2D eigenvalue weighted by Gasteiger charge is -2.31. The van der Waals surface area contributed by atoms with Crippen LogP contribution in [0.1, 0.15) is 30.1 Å². The Balaban J connectivity index is 2.00. The summed E-state index contributed by atoms with van der Waals surface area (Å²) < 4.78 is 18.7. The number of hydrogen-bond acceptors (Lipinski definition) is 4. The highest BCUT2D eigenvalue weighted by Gasteiger charge is 2.29. The number of nitrogens with zero attached hydrogens (tertiary/aromatic N) is 1. The summed E-state index contributed by atoms with van der Waals surface area (Å²) in [5.41, 5.74) is 5.92. The van der Waals surface area contributed by atoms with Gasteiger partial charge in [0.15, 0.2) is 0 Å². The number of piperidine rings is 1. The fraction of sp³-hybridized carbons (Fsp3) is 0.467. The number of ether oxygens (including phenoxy) is 1. The molecule has 1 aromatic rings. The zero-order valence-corrected chi connectivity index (χ0v) is 12.0. The van der Waals surface area contributed by atoms with E-state index in [1.54, 1.807) is 11.8 Å². The van der Waals surface area contributed by atoms with E-state index in [0.717, 1.165) is 0 Å². The van der Waals surface area contributed by atoms with Crippen molar-refractivity contribution in [2.24, 2.45) is 5.92 Å². The summed E-state index contributed by atoms with van der Waals surface area (Å²) in [7, 11) is 0. The van der Waals surface area contributed by atoms with Crippen molar-refractivity contribution in [1.82, 2.24) is 4.90 Å². The molecule has 0 unspecified atom stereocenters. The van der Waals surface area contributed by atoms with Crippen molar-refractivity contribution in [3.8, 4) is 0 Å². The second-order valence-electron chi connectivity index (χ2n) is 5.06. The van der Waals surface area contributed by atoms with Gasteiger partial charge in [-0.25, -0.2) is 4.39 Å². The highest BCUT2D eigenvalue weighted by atomic mass is 19.1. The van der Waals surface area contributed by atoms with E-state index in [9.17, 15) is 14.0 Å². The van der Waals surface area contributed by atoms with E-state index in [1.807, 2.05) is 0 Å². The van der Waals surface area contributed by atoms with Crippen LogP contribution in [0, 0.1) is 11.7 Å². The lowest BCUT2D eigenvalue weighted by molar-refractivity contribution is -0.149. The Morgan fingerprint density at radius 2 is 2.05 bits per heavy atom. The van der Waals surface area contributed by atoms with Gasteiger partial charge >= 0.3 is 5.97 Å². The number of carbonyl (C=O) groups is 2. The second-order valence-corrected chi connectivity index (χ2v) is 5.06. The number of esters is 1. The van der Waals surface area contributed by atoms with Gasteiger partial charge in [-0.1, -0.05) is 0 Å². The highest BCUT2D eigenvalue weighted by molar-refractivity contribution is 5.95. The maximum Gasteiger partial charge on any atom is 0.309 e. The number of carbonyl (C=O) groups excluding carboxylic acids is 2. The van der Waals surface area contributed by atoms with Gasteiger partial charge in [0.05, 0.1) is 18.1 Å². The topological polar surface area (TPSA) is 72.6 Å². The van der Waals surface area contributed by atoms with Gasteiger partial charge in [0.1, 0.15) is 5.82 Å². The third-order valence-corrected chi connectivity index (χ3v) is 3.62. The number of nitrogens with two attached hydrogens (primary N) is 1. The van der Waals surface area contributed by atoms with E-state index in [4.69, 9.17) is 10.5 Å². The van der Waals surface area contributed by atoms with Crippen LogP contribution in [0.5, 0.6) is 0 Å². The van der Waals surface area contributed by atoms with Gasteiger partial charge in [0.25, 0.3) is 5.91 Å². The number of nitrogen functional groups attached to an aromatic ring is 1. The monoisotopic (exact) mass is 294 g/mol. The first-order valence-corrected chi connectivity index (χ1v) is 7.04. The molecule has 1 aliphatic rings. The van der Waals surface area contributed by atoms with Gasteiger partial charge in [-0.05, 0) is 38.0 Å². The Bertz CT molecular complexity index is 540. The average Bonchev–Trinajstić information content (AvgIpc) is 2.49. The summed E-state index contributed by atoms with van der Waals surface area (Å²) in [5, 5.41) is 0. The van der Waals surface area contributed by atoms with Crippen LogP contribution in [-0.4, -0.2) is 36.5 Å². The molecule has 0 atom stereocenters. The minimum Gasteiger partial charge on any atom is -0.466 e. The molecule has 0 aliphatic carbocycles. The molecule has 114 valence electrons. The molecule has 1 fully saturated rings. The first-order valence-electron chi connectivity index (χ1n) is 7.04. The van der Waals surface area contributed by atoms with Crippen LogP contribution in [0.3, 0.4) is 0 Å². The smallest absolute Gasteiger partial charge is 0.309 e. The van der Waals surface area contributed by atoms with Crippen molar-refractivity contribution >= 4 is 17.6 Å². The minimum atomic E-state index is -0.582. The lowest BCUT2D eigenvalue weighted by Crippen LogP contribution is -2.41. The molecule has 0 spiro atoms. The van der Waals surface area contributed by atoms with E-state index < -0.39 is 5.82 Å². The van der Waals surface area contributed by atoms with Gasteiger partial charge in [-0.3, -0.25) is 9.59 Å². The number of anilines is 1. The predicted octanol–water partition coefficient (Wildman–Crippen LogP) is 1.82. The largest absolute Gasteiger partial charge is 0.466 e. The maximum atomic E-state index is 13.7. The molecule has 21 heavy (non-hydrogen) atoms. The molecule has 1 saturated heterocycles. The van der Waals surface area contributed by atoms with Crippen molar-refractivity contribution in [2.45, 2.75) is 19.8 Å². The van der Waals surface area contributed by atoms with Crippen LogP contribution in [0.25, 0.3) is 0 Å². The number of hydrogen-bond donors (Lipinski definition) is 1. The molecule has 0 aromatic heterocycles. The molecular formula is C15H19FN2O3. The van der Waals surface area contributed by atoms with Crippen LogP contribution in [0.4, 0.5) is 10.1 Å². The molecule has 0 saturated carbocycles. The fourth-order valence-corrected chi connectivity index (χ4v) is 2.46. The Kier molecular flexibility index (Phi) is 4.77. The molecule has 5 nitrogen and oxygen atoms in total. The van der Waals surface area contributed by atoms with Crippen molar-refractivity contribution in [2.75, 3.05) is 25.4 Å². The van der Waals surface area contributed by atoms with Crippen LogP contribution in [0.2, 0.25) is 0 Å². The summed E-state index contributed by atoms with van der Waals surface area (Å²) in [6, 6.07) is 3.95. The summed E-state index contributed by atoms with van der Waals surface area (Å²) in [4.78, 5) is 25.5. The SMILES string of the molecule is CCOC(=O)C1CCN(C(=O)c2cc(N)ccc2F)CC1. The van der Waals surface area contributed by atoms with Crippen molar-refractivity contribution in [3.63, 3.8) is 0 Å². The quantitative estimate of drug-likeness (QED) is 0.682. The van der Waals surface area contributed by atoms with Crippen LogP contribution in [-0.2, 0) is 9.53 Å². The van der Waals surface area contributed by atoms with E-state index in [2.05, 4.69) is 0 Å². The van der Waals surface area contributed by atoms with Crippen LogP contribution in [0.15, 0.2) is 18.2 Å². The number of amides is 1. The number of benzene rings is 1. The number of halogens is 1. The molecule has 2 N–H and O–H groups in total. The summed E-state index contributed by atoms with van der Waals surface area (Å²) >= 11 is 0. The minimum absolute atomic E-state index is 0.0235. The second kappa shape index (κ2) is 6.56. The molecule has 1 amide bonds. The summed E-state index contributed by atoms with van der Waals surface area (Å²) in [5.74, 6) is -1.37. The average molecular weight is 294 g/mol. The lowest BCUT2D eigenvalue weighted by atomic mass is 9.96. The molecule has 1 aromatic carbocycles. The predicted molar refractivity (Wildman–Crippen MR) is 76.1 cm³/mol. The van der Waals surface area contributed by atoms with Gasteiger partial charge in [-0.2, -0.15) is 0 Å². The van der Waals surface area contributed by atoms with E-state index in [0.29, 0.717) is 38.2 Å². The van der Waals surface area contributed by atoms with Gasteiger partial charge in [0.2, 0.25) is 0 Å². The number of likely N-dealkylation sites (tertiary alicyclic amines) is 1. The molecule has 0 radical (unpaired) electrons. The molecule has 1 aliphatic heterocycles. The Morgan fingerprint density at radius 1 is 1.38 bits per heavy atom. The Labute approximate surface area is 122 Å². The van der Waals surface area contributed by atoms with E-state index in [-0.39, 0.29) is 23.4 Å². The standard InChI is InChI=1S/C15H19FN2O3/c1-2-21-15(20)10-5-7-18(8-6-10)14(19)12-9-11(17)3-4-13(12)16/h3-4,9-10H,2,5-8,17H2,1H3. The Morgan fingerprint density at radius 3 is 2.67 bits per heavy atom. The molecular weight excluding hydrogens is 275 g/mol. The molecule has 1 heterocycles. The zero-order chi connectivity index (χ0) is 15.4. The zero-order valence-electron chi connectivity index (χ0n) is 12.0. The normalized spacial score (nSPS) is 15.8. The third kappa shape index (κ3) is 3.51. The van der Waals surface area contributed by atoms with Crippen molar-refractivity contribution in [1.29, 1.82) is 0 Å². The molecule has 6 heteroatoms. The van der Waals surface area contributed by atoms with Crippen molar-refractivity contribution < 1.29 is 18.7 Å². The summed E-state index contributed by atoms with van der Waals surface area (Å²) in [6.07, 6.45) is 1.07. The maximum absolute atomic E-state index is 13.7. The van der Waals surface area contributed by atoms with Crippen LogP contribution < -0.4 is 5.73 Å². The summed E-state index contributed by atoms with van der Waals surface area (Å²) in [6.45, 7) is 2.94. The van der Waals surface area contributed by atoms with Gasteiger partial charge in [0, 0.05) is 18.8 Å². The molecule has 2 rings (SSSR count). The first kappa shape index (κ1) is 15.3. The van der Waals surface area contributed by atoms with E-state index >= 15 is 0 Å². The third-order valence-electron chi connectivity index (χ3n) is 3.62. The van der Waals surface area contributed by atoms with E-state index in [1.165, 1.54) is 18.2 Å². The first-order chi connectivity index (χ1) is 10.0. The fourth-order valence-electron chi connectivity index (χ4n) is 2.46. The van der Waals surface area contributed by atoms with Gasteiger partial charge < -0.3 is 15.4 Å². The van der Waals surface area contributed by atoms with Crippen LogP contribution >= 0.6 is 0 Å². The molecule has 0 bridgehead atoms. The highest BCUT2D eigenvalue weighted by Crippen LogP contribution is 2.22.